The molecule has 0 aliphatic rings. The minimum Gasteiger partial charge on any atom is -0.245 e. The van der Waals surface area contributed by atoms with Gasteiger partial charge in [-0.05, 0) is 24.4 Å². The third kappa shape index (κ3) is 1.93. The lowest BCUT2D eigenvalue weighted by Crippen LogP contribution is -1.75. The van der Waals surface area contributed by atoms with Crippen LogP contribution in [0.5, 0.6) is 0 Å². The van der Waals surface area contributed by atoms with Gasteiger partial charge in [-0.1, -0.05) is 12.1 Å². The molecule has 0 N–H and O–H groups in total. The Morgan fingerprint density at radius 3 is 3.07 bits per heavy atom. The molecule has 0 radical (unpaired) electrons. The second-order valence-electron chi connectivity index (χ2n) is 2.63. The molecular formula is C10H6N2S2. The first-order valence-electron chi connectivity index (χ1n) is 3.96. The predicted octanol–water partition coefficient (Wildman–Crippen LogP) is 3.54. The van der Waals surface area contributed by atoms with Gasteiger partial charge in [0.1, 0.15) is 0 Å². The van der Waals surface area contributed by atoms with Crippen molar-refractivity contribution in [2.75, 3.05) is 0 Å². The summed E-state index contributed by atoms with van der Waals surface area (Å²) in [6, 6.07) is 7.75. The number of thiocarbonyl (C=S) groups is 1. The van der Waals surface area contributed by atoms with Gasteiger partial charge in [0.15, 0.2) is 0 Å². The van der Waals surface area contributed by atoms with Gasteiger partial charge >= 0.3 is 0 Å². The van der Waals surface area contributed by atoms with Crippen molar-refractivity contribution in [3.63, 3.8) is 0 Å². The van der Waals surface area contributed by atoms with Crippen LogP contribution in [-0.4, -0.2) is 10.1 Å². The minimum absolute atomic E-state index is 0.811. The summed E-state index contributed by atoms with van der Waals surface area (Å²) in [6.07, 6.45) is 0. The number of benzene rings is 1. The zero-order chi connectivity index (χ0) is 9.80. The smallest absolute Gasteiger partial charge is 0.0811 e. The summed E-state index contributed by atoms with van der Waals surface area (Å²) in [6.45, 7) is 0. The standard InChI is InChI=1S/C10H6N2S2/c13-6-11-9-3-1-2-8(4-9)10-5-14-7-12-10/h1-5,7H. The van der Waals surface area contributed by atoms with Gasteiger partial charge in [-0.15, -0.1) is 11.3 Å². The molecule has 0 aliphatic heterocycles. The first-order chi connectivity index (χ1) is 6.90. The summed E-state index contributed by atoms with van der Waals surface area (Å²) < 4.78 is 0. The van der Waals surface area contributed by atoms with Crippen LogP contribution >= 0.6 is 23.6 Å². The van der Waals surface area contributed by atoms with Crippen LogP contribution in [0.25, 0.3) is 11.3 Å². The fourth-order valence-electron chi connectivity index (χ4n) is 1.14. The minimum atomic E-state index is 0.811. The molecule has 0 spiro atoms. The van der Waals surface area contributed by atoms with Crippen molar-refractivity contribution in [1.82, 2.24) is 4.98 Å². The Labute approximate surface area is 91.0 Å². The Kier molecular flexibility index (Phi) is 2.79. The molecule has 4 heteroatoms. The molecule has 0 saturated carbocycles. The molecule has 0 amide bonds. The highest BCUT2D eigenvalue weighted by atomic mass is 32.1. The highest BCUT2D eigenvalue weighted by molar-refractivity contribution is 7.78. The van der Waals surface area contributed by atoms with Gasteiger partial charge in [-0.3, -0.25) is 0 Å². The summed E-state index contributed by atoms with van der Waals surface area (Å²) >= 11 is 6.12. The summed E-state index contributed by atoms with van der Waals surface area (Å²) in [4.78, 5) is 8.14. The quantitative estimate of drug-likeness (QED) is 0.569. The van der Waals surface area contributed by atoms with E-state index in [9.17, 15) is 0 Å². The SMILES string of the molecule is S=C=Nc1cccc(-c2cscn2)c1. The monoisotopic (exact) mass is 218 g/mol. The molecule has 2 aromatic rings. The van der Waals surface area contributed by atoms with Gasteiger partial charge in [0.2, 0.25) is 0 Å². The van der Waals surface area contributed by atoms with Gasteiger partial charge < -0.3 is 0 Å². The number of rotatable bonds is 2. The molecule has 0 unspecified atom stereocenters. The molecule has 0 fully saturated rings. The van der Waals surface area contributed by atoms with Crippen molar-refractivity contribution in [2.24, 2.45) is 4.99 Å². The van der Waals surface area contributed by atoms with E-state index < -0.39 is 0 Å². The Morgan fingerprint density at radius 2 is 2.36 bits per heavy atom. The average molecular weight is 218 g/mol. The number of aromatic nitrogens is 1. The van der Waals surface area contributed by atoms with Crippen LogP contribution in [0.4, 0.5) is 5.69 Å². The van der Waals surface area contributed by atoms with Gasteiger partial charge in [0.05, 0.1) is 22.1 Å². The summed E-state index contributed by atoms with van der Waals surface area (Å²) in [5.41, 5.74) is 4.64. The molecule has 0 bridgehead atoms. The van der Waals surface area contributed by atoms with Gasteiger partial charge in [0, 0.05) is 10.9 Å². The number of hydrogen-bond donors (Lipinski definition) is 0. The Balaban J connectivity index is 2.45. The van der Waals surface area contributed by atoms with Gasteiger partial charge in [-0.2, -0.15) is 4.99 Å². The van der Waals surface area contributed by atoms with Crippen LogP contribution < -0.4 is 0 Å². The number of aliphatic imine (C=N–C) groups is 1. The molecule has 1 heterocycles. The maximum atomic E-state index is 4.55. The second kappa shape index (κ2) is 4.24. The Morgan fingerprint density at radius 1 is 1.43 bits per heavy atom. The molecule has 68 valence electrons. The van der Waals surface area contributed by atoms with Gasteiger partial charge in [0.25, 0.3) is 0 Å². The molecule has 1 aromatic carbocycles. The lowest BCUT2D eigenvalue weighted by Gasteiger charge is -1.96. The van der Waals surface area contributed by atoms with Crippen molar-refractivity contribution in [3.8, 4) is 11.3 Å². The van der Waals surface area contributed by atoms with Crippen LogP contribution in [-0.2, 0) is 0 Å². The van der Waals surface area contributed by atoms with E-state index in [4.69, 9.17) is 0 Å². The molecular weight excluding hydrogens is 212 g/mol. The molecule has 2 nitrogen and oxygen atoms in total. The van der Waals surface area contributed by atoms with E-state index in [0.717, 1.165) is 16.9 Å². The fraction of sp³-hybridized carbons (Fsp3) is 0. The van der Waals surface area contributed by atoms with Crippen LogP contribution in [0.2, 0.25) is 0 Å². The normalized spacial score (nSPS) is 9.43. The van der Waals surface area contributed by atoms with Gasteiger partial charge in [-0.25, -0.2) is 4.98 Å². The Hall–Kier alpha value is -1.35. The second-order valence-corrected chi connectivity index (χ2v) is 3.53. The van der Waals surface area contributed by atoms with E-state index in [-0.39, 0.29) is 0 Å². The molecule has 2 rings (SSSR count). The maximum absolute atomic E-state index is 4.55. The molecule has 0 atom stereocenters. The highest BCUT2D eigenvalue weighted by Crippen LogP contribution is 2.23. The maximum Gasteiger partial charge on any atom is 0.0811 e. The lowest BCUT2D eigenvalue weighted by molar-refractivity contribution is 1.40. The third-order valence-corrected chi connectivity index (χ3v) is 2.43. The van der Waals surface area contributed by atoms with Crippen molar-refractivity contribution in [3.05, 3.63) is 35.2 Å². The van der Waals surface area contributed by atoms with E-state index in [1.807, 2.05) is 35.2 Å². The number of nitrogens with zero attached hydrogens (tertiary/aromatic N) is 2. The van der Waals surface area contributed by atoms with E-state index in [0.29, 0.717) is 0 Å². The Bertz CT molecular complexity index is 471. The third-order valence-electron chi connectivity index (χ3n) is 1.75. The zero-order valence-corrected chi connectivity index (χ0v) is 8.81. The van der Waals surface area contributed by atoms with E-state index in [2.05, 4.69) is 27.4 Å². The number of hydrogen-bond acceptors (Lipinski definition) is 4. The zero-order valence-electron chi connectivity index (χ0n) is 7.18. The van der Waals surface area contributed by atoms with Crippen LogP contribution in [0, 0.1) is 0 Å². The first-order valence-corrected chi connectivity index (χ1v) is 5.32. The predicted molar refractivity (Wildman–Crippen MR) is 62.2 cm³/mol. The largest absolute Gasteiger partial charge is 0.245 e. The van der Waals surface area contributed by atoms with Crippen molar-refractivity contribution in [1.29, 1.82) is 0 Å². The van der Waals surface area contributed by atoms with E-state index >= 15 is 0 Å². The molecule has 0 aliphatic carbocycles. The highest BCUT2D eigenvalue weighted by Gasteiger charge is 1.99. The molecule has 14 heavy (non-hydrogen) atoms. The number of thiazole rings is 1. The van der Waals surface area contributed by atoms with Crippen molar-refractivity contribution >= 4 is 34.4 Å². The first kappa shape index (κ1) is 9.21. The summed E-state index contributed by atoms with van der Waals surface area (Å²) in [5.74, 6) is 0. The van der Waals surface area contributed by atoms with Crippen molar-refractivity contribution in [2.45, 2.75) is 0 Å². The van der Waals surface area contributed by atoms with E-state index in [1.54, 1.807) is 11.3 Å². The molecule has 0 saturated heterocycles. The topological polar surface area (TPSA) is 25.2 Å². The van der Waals surface area contributed by atoms with Crippen LogP contribution in [0.1, 0.15) is 0 Å². The van der Waals surface area contributed by atoms with Crippen LogP contribution in [0.3, 0.4) is 0 Å². The fourth-order valence-corrected chi connectivity index (χ4v) is 1.81. The number of isothiocyanates is 1. The summed E-state index contributed by atoms with van der Waals surface area (Å²) in [7, 11) is 0. The van der Waals surface area contributed by atoms with E-state index in [1.165, 1.54) is 0 Å². The summed E-state index contributed by atoms with van der Waals surface area (Å²) in [5, 5.41) is 4.35. The molecule has 1 aromatic heterocycles. The average Bonchev–Trinajstić information content (AvgIpc) is 2.71. The van der Waals surface area contributed by atoms with Crippen molar-refractivity contribution < 1.29 is 0 Å². The lowest BCUT2D eigenvalue weighted by atomic mass is 10.1. The van der Waals surface area contributed by atoms with Crippen LogP contribution in [0.15, 0.2) is 40.1 Å².